The van der Waals surface area contributed by atoms with Gasteiger partial charge in [-0.25, -0.2) is 0 Å². The van der Waals surface area contributed by atoms with Crippen molar-refractivity contribution in [1.82, 2.24) is 4.90 Å². The number of carbonyl (C=O) groups excluding carboxylic acids is 1. The van der Waals surface area contributed by atoms with Crippen LogP contribution in [-0.4, -0.2) is 49.3 Å². The summed E-state index contributed by atoms with van der Waals surface area (Å²) in [5, 5.41) is 23.5. The van der Waals surface area contributed by atoms with Crippen LogP contribution in [0.2, 0.25) is 0 Å². The Balaban J connectivity index is 2.42. The molecule has 160 valence electrons. The molecule has 0 bridgehead atoms. The quantitative estimate of drug-likeness (QED) is 0.266. The van der Waals surface area contributed by atoms with Crippen molar-refractivity contribution in [2.75, 3.05) is 12.6 Å². The standard InChI is InChI=1S/C21H19N3O6Se/c1-13-19(24(28)29)17(15-9-6-10-16(11-15)23(26)27)18(21(25)30-2)20(22(13)12-31)14-7-4-3-5-8-14/h3-11,17,31H,12H2,1-2H3. The molecule has 1 unspecified atom stereocenters. The van der Waals surface area contributed by atoms with Crippen LogP contribution < -0.4 is 0 Å². The fourth-order valence-electron chi connectivity index (χ4n) is 3.72. The molecule has 1 atom stereocenters. The van der Waals surface area contributed by atoms with Crippen LogP contribution in [0.5, 0.6) is 0 Å². The number of rotatable bonds is 6. The molecule has 0 saturated carbocycles. The molecule has 3 rings (SSSR count). The summed E-state index contributed by atoms with van der Waals surface area (Å²) in [4.78, 5) is 37.0. The van der Waals surface area contributed by atoms with Crippen molar-refractivity contribution in [2.24, 2.45) is 0 Å². The van der Waals surface area contributed by atoms with E-state index in [0.717, 1.165) is 0 Å². The van der Waals surface area contributed by atoms with Crippen LogP contribution in [0.4, 0.5) is 5.69 Å². The molecule has 0 aromatic heterocycles. The van der Waals surface area contributed by atoms with E-state index in [9.17, 15) is 25.0 Å². The first-order valence-corrected chi connectivity index (χ1v) is 10.5. The Labute approximate surface area is 186 Å². The number of allylic oxidation sites excluding steroid dienone is 2. The number of benzene rings is 2. The zero-order chi connectivity index (χ0) is 22.7. The van der Waals surface area contributed by atoms with Gasteiger partial charge in [0.15, 0.2) is 0 Å². The monoisotopic (exact) mass is 489 g/mol. The van der Waals surface area contributed by atoms with Crippen molar-refractivity contribution in [1.29, 1.82) is 0 Å². The topological polar surface area (TPSA) is 116 Å². The summed E-state index contributed by atoms with van der Waals surface area (Å²) in [5.41, 5.74) is 1.65. The summed E-state index contributed by atoms with van der Waals surface area (Å²) in [7, 11) is 1.20. The molecule has 0 saturated heterocycles. The number of non-ortho nitro benzene ring substituents is 1. The first kappa shape index (κ1) is 22.2. The van der Waals surface area contributed by atoms with Crippen molar-refractivity contribution in [3.63, 3.8) is 0 Å². The SMILES string of the molecule is COC(=O)C1=C(c2ccccc2)N(C[SeH])C(C)=C([N+](=O)[O-])C1c1cccc([N+](=O)[O-])c1. The van der Waals surface area contributed by atoms with Crippen LogP contribution in [0, 0.1) is 20.2 Å². The Hall–Kier alpha value is -3.49. The minimum atomic E-state index is -1.15. The first-order chi connectivity index (χ1) is 14.8. The van der Waals surface area contributed by atoms with Crippen molar-refractivity contribution in [2.45, 2.75) is 12.8 Å². The van der Waals surface area contributed by atoms with Crippen LogP contribution in [-0.2, 0) is 9.53 Å². The maximum atomic E-state index is 13.0. The molecule has 0 amide bonds. The third kappa shape index (κ3) is 4.08. The molecule has 1 aliphatic heterocycles. The van der Waals surface area contributed by atoms with Crippen molar-refractivity contribution >= 4 is 33.4 Å². The van der Waals surface area contributed by atoms with Gasteiger partial charge in [0.05, 0.1) is 0 Å². The molecule has 0 fully saturated rings. The predicted octanol–water partition coefficient (Wildman–Crippen LogP) is 2.94. The van der Waals surface area contributed by atoms with E-state index in [1.807, 2.05) is 6.07 Å². The van der Waals surface area contributed by atoms with Gasteiger partial charge in [0.25, 0.3) is 0 Å². The second kappa shape index (κ2) is 9.11. The molecule has 0 aliphatic carbocycles. The molecule has 2 aromatic rings. The average Bonchev–Trinajstić information content (AvgIpc) is 2.77. The van der Waals surface area contributed by atoms with Crippen LogP contribution in [0.1, 0.15) is 24.0 Å². The maximum absolute atomic E-state index is 13.0. The number of ether oxygens (including phenoxy) is 1. The molecule has 1 heterocycles. The van der Waals surface area contributed by atoms with E-state index in [2.05, 4.69) is 16.0 Å². The minimum absolute atomic E-state index is 0.0533. The number of carbonyl (C=O) groups is 1. The average molecular weight is 488 g/mol. The summed E-state index contributed by atoms with van der Waals surface area (Å²) in [6, 6.07) is 14.5. The number of hydrogen-bond donors (Lipinski definition) is 0. The van der Waals surface area contributed by atoms with E-state index in [-0.39, 0.29) is 22.5 Å². The van der Waals surface area contributed by atoms with Gasteiger partial charge >= 0.3 is 186 Å². The van der Waals surface area contributed by atoms with Crippen molar-refractivity contribution in [3.05, 3.63) is 103 Å². The molecular formula is C21H19N3O6Se. The number of nitrogens with zero attached hydrogens (tertiary/aromatic N) is 3. The molecule has 0 N–H and O–H groups in total. The van der Waals surface area contributed by atoms with E-state index in [0.29, 0.717) is 22.4 Å². The van der Waals surface area contributed by atoms with Crippen LogP contribution in [0.15, 0.2) is 71.6 Å². The zero-order valence-electron chi connectivity index (χ0n) is 16.7. The molecule has 0 spiro atoms. The first-order valence-electron chi connectivity index (χ1n) is 9.17. The van der Waals surface area contributed by atoms with Gasteiger partial charge in [-0.3, -0.25) is 0 Å². The number of methoxy groups -OCH3 is 1. The fourth-order valence-corrected chi connectivity index (χ4v) is 4.46. The molecular weight excluding hydrogens is 469 g/mol. The van der Waals surface area contributed by atoms with E-state index >= 15 is 0 Å². The van der Waals surface area contributed by atoms with E-state index in [1.165, 1.54) is 31.4 Å². The number of nitro benzene ring substituents is 1. The van der Waals surface area contributed by atoms with Crippen LogP contribution >= 0.6 is 0 Å². The number of hydrogen-bond acceptors (Lipinski definition) is 7. The van der Waals surface area contributed by atoms with Gasteiger partial charge in [-0.15, -0.1) is 0 Å². The van der Waals surface area contributed by atoms with Gasteiger partial charge in [0, 0.05) is 0 Å². The van der Waals surface area contributed by atoms with Crippen molar-refractivity contribution < 1.29 is 19.4 Å². The van der Waals surface area contributed by atoms with Gasteiger partial charge < -0.3 is 0 Å². The summed E-state index contributed by atoms with van der Waals surface area (Å²) >= 11 is 2.34. The third-order valence-corrected chi connectivity index (χ3v) is 5.66. The summed E-state index contributed by atoms with van der Waals surface area (Å²) in [6.07, 6.45) is 0. The molecule has 9 nitrogen and oxygen atoms in total. The Morgan fingerprint density at radius 2 is 1.77 bits per heavy atom. The summed E-state index contributed by atoms with van der Waals surface area (Å²) in [5.74, 6) is -1.89. The van der Waals surface area contributed by atoms with Gasteiger partial charge in [-0.2, -0.15) is 0 Å². The van der Waals surface area contributed by atoms with Gasteiger partial charge in [-0.1, -0.05) is 0 Å². The predicted molar refractivity (Wildman–Crippen MR) is 115 cm³/mol. The second-order valence-electron chi connectivity index (χ2n) is 6.70. The van der Waals surface area contributed by atoms with Crippen LogP contribution in [0.25, 0.3) is 5.70 Å². The Kier molecular flexibility index (Phi) is 6.53. The van der Waals surface area contributed by atoms with E-state index in [4.69, 9.17) is 4.74 Å². The third-order valence-electron chi connectivity index (χ3n) is 5.07. The van der Waals surface area contributed by atoms with Gasteiger partial charge in [0.2, 0.25) is 0 Å². The van der Waals surface area contributed by atoms with E-state index < -0.39 is 21.7 Å². The normalized spacial score (nSPS) is 16.4. The summed E-state index contributed by atoms with van der Waals surface area (Å²) in [6.45, 7) is 1.60. The van der Waals surface area contributed by atoms with Crippen molar-refractivity contribution in [3.8, 4) is 0 Å². The number of nitro groups is 2. The fraction of sp³-hybridized carbons (Fsp3) is 0.190. The zero-order valence-corrected chi connectivity index (χ0v) is 18.6. The molecule has 2 aromatic carbocycles. The van der Waals surface area contributed by atoms with Gasteiger partial charge in [-0.05, 0) is 0 Å². The van der Waals surface area contributed by atoms with Crippen LogP contribution in [0.3, 0.4) is 0 Å². The Bertz CT molecular complexity index is 1110. The Morgan fingerprint density at radius 3 is 2.32 bits per heavy atom. The number of esters is 1. The molecule has 1 aliphatic rings. The second-order valence-corrected chi connectivity index (χ2v) is 7.30. The summed E-state index contributed by atoms with van der Waals surface area (Å²) < 4.78 is 5.02. The Morgan fingerprint density at radius 1 is 1.10 bits per heavy atom. The molecule has 31 heavy (non-hydrogen) atoms. The van der Waals surface area contributed by atoms with E-state index in [1.54, 1.807) is 36.1 Å². The van der Waals surface area contributed by atoms with Gasteiger partial charge in [0.1, 0.15) is 0 Å². The molecule has 10 heteroatoms. The molecule has 0 radical (unpaired) electrons.